The third kappa shape index (κ3) is 3.56. The molecule has 1 aromatic rings. The largest absolute Gasteiger partial charge is 0.482 e. The highest BCUT2D eigenvalue weighted by atomic mass is 32.2. The van der Waals surface area contributed by atoms with Gasteiger partial charge < -0.3 is 10.1 Å². The van der Waals surface area contributed by atoms with E-state index in [-0.39, 0.29) is 29.7 Å². The Balaban J connectivity index is 2.18. The number of fused-ring (bicyclic) bond motifs is 1. The van der Waals surface area contributed by atoms with Gasteiger partial charge in [0.25, 0.3) is 5.91 Å². The fraction of sp³-hybridized carbons (Fsp3) is 0.364. The van der Waals surface area contributed by atoms with Gasteiger partial charge in [-0.3, -0.25) is 9.00 Å². The van der Waals surface area contributed by atoms with Crippen molar-refractivity contribution in [3.8, 4) is 5.75 Å². The first kappa shape index (κ1) is 14.9. The van der Waals surface area contributed by atoms with Crippen molar-refractivity contribution in [2.24, 2.45) is 0 Å². The Morgan fingerprint density at radius 3 is 2.90 bits per heavy atom. The van der Waals surface area contributed by atoms with E-state index in [4.69, 9.17) is 4.74 Å². The van der Waals surface area contributed by atoms with E-state index >= 15 is 0 Å². The van der Waals surface area contributed by atoms with Crippen LogP contribution in [0.1, 0.15) is 0 Å². The Morgan fingerprint density at radius 2 is 2.20 bits per heavy atom. The topological polar surface area (TPSA) is 102 Å². The Bertz CT molecular complexity index is 657. The van der Waals surface area contributed by atoms with E-state index in [1.165, 1.54) is 24.5 Å². The number of hydrogen-bond donors (Lipinski definition) is 2. The quantitative estimate of drug-likeness (QED) is 0.774. The molecule has 0 aromatic heterocycles. The van der Waals surface area contributed by atoms with Crippen molar-refractivity contribution >= 4 is 32.4 Å². The van der Waals surface area contributed by atoms with Crippen molar-refractivity contribution in [1.29, 1.82) is 0 Å². The monoisotopic (exact) mass is 318 g/mol. The average Bonchev–Trinajstić information content (AvgIpc) is 2.37. The summed E-state index contributed by atoms with van der Waals surface area (Å²) < 4.78 is 42.4. The molecule has 0 aliphatic carbocycles. The van der Waals surface area contributed by atoms with Crippen LogP contribution in [0.3, 0.4) is 0 Å². The summed E-state index contributed by atoms with van der Waals surface area (Å²) in [4.78, 5) is 11.2. The summed E-state index contributed by atoms with van der Waals surface area (Å²) >= 11 is 0. The average molecular weight is 318 g/mol. The molecule has 1 amide bonds. The maximum absolute atomic E-state index is 12.0. The molecule has 0 bridgehead atoms. The summed E-state index contributed by atoms with van der Waals surface area (Å²) in [5.74, 6) is 0.337. The Kier molecular flexibility index (Phi) is 4.41. The molecule has 0 saturated carbocycles. The summed E-state index contributed by atoms with van der Waals surface area (Å²) in [5, 5.41) is 2.54. The summed E-state index contributed by atoms with van der Waals surface area (Å²) in [7, 11) is -4.77. The van der Waals surface area contributed by atoms with Crippen LogP contribution in [0.5, 0.6) is 5.75 Å². The van der Waals surface area contributed by atoms with E-state index in [9.17, 15) is 17.4 Å². The van der Waals surface area contributed by atoms with Gasteiger partial charge in [0, 0.05) is 29.4 Å². The number of carbonyl (C=O) groups excluding carboxylic acids is 1. The van der Waals surface area contributed by atoms with Gasteiger partial charge in [0.1, 0.15) is 5.75 Å². The number of hydrogen-bond acceptors (Lipinski definition) is 5. The predicted molar refractivity (Wildman–Crippen MR) is 74.7 cm³/mol. The number of rotatable bonds is 5. The summed E-state index contributed by atoms with van der Waals surface area (Å²) in [6.45, 7) is 0.00501. The molecule has 1 aromatic carbocycles. The van der Waals surface area contributed by atoms with Gasteiger partial charge in [-0.15, -0.1) is 0 Å². The molecule has 0 saturated heterocycles. The van der Waals surface area contributed by atoms with Gasteiger partial charge in [0.2, 0.25) is 10.0 Å². The van der Waals surface area contributed by atoms with Crippen molar-refractivity contribution in [2.75, 3.05) is 30.5 Å². The number of sulfonamides is 1. The van der Waals surface area contributed by atoms with E-state index in [2.05, 4.69) is 10.0 Å². The second-order valence-electron chi connectivity index (χ2n) is 4.17. The zero-order valence-corrected chi connectivity index (χ0v) is 12.3. The molecule has 9 heteroatoms. The summed E-state index contributed by atoms with van der Waals surface area (Å²) in [6, 6.07) is 4.21. The van der Waals surface area contributed by atoms with Crippen LogP contribution in [-0.4, -0.2) is 43.7 Å². The van der Waals surface area contributed by atoms with Crippen LogP contribution in [0.25, 0.3) is 0 Å². The second kappa shape index (κ2) is 5.90. The van der Waals surface area contributed by atoms with E-state index in [0.717, 1.165) is 0 Å². The van der Waals surface area contributed by atoms with Crippen molar-refractivity contribution in [3.63, 3.8) is 0 Å². The van der Waals surface area contributed by atoms with Crippen molar-refractivity contribution in [1.82, 2.24) is 4.72 Å². The highest BCUT2D eigenvalue weighted by Crippen LogP contribution is 2.29. The third-order valence-electron chi connectivity index (χ3n) is 2.58. The van der Waals surface area contributed by atoms with Crippen LogP contribution in [0.2, 0.25) is 0 Å². The van der Waals surface area contributed by atoms with Crippen LogP contribution in [0.4, 0.5) is 5.69 Å². The molecule has 110 valence electrons. The van der Waals surface area contributed by atoms with Crippen LogP contribution in [0, 0.1) is 0 Å². The molecule has 1 heterocycles. The fourth-order valence-electron chi connectivity index (χ4n) is 1.63. The van der Waals surface area contributed by atoms with E-state index in [0.29, 0.717) is 11.4 Å². The van der Waals surface area contributed by atoms with Crippen molar-refractivity contribution < 1.29 is 22.2 Å². The normalized spacial score (nSPS) is 15.9. The molecule has 0 radical (unpaired) electrons. The fourth-order valence-corrected chi connectivity index (χ4v) is 3.21. The third-order valence-corrected chi connectivity index (χ3v) is 4.81. The minimum atomic E-state index is -3.70. The van der Waals surface area contributed by atoms with Crippen LogP contribution >= 0.6 is 0 Å². The minimum Gasteiger partial charge on any atom is -0.482 e. The molecule has 1 atom stereocenters. The molecular formula is C11H14N2O5S2. The Hall–Kier alpha value is -1.45. The number of anilines is 1. The smallest absolute Gasteiger partial charge is 0.262 e. The van der Waals surface area contributed by atoms with Gasteiger partial charge in [-0.2, -0.15) is 0 Å². The van der Waals surface area contributed by atoms with Crippen LogP contribution in [0.15, 0.2) is 23.1 Å². The number of nitrogens with one attached hydrogen (secondary N) is 2. The maximum atomic E-state index is 12.0. The molecule has 7 nitrogen and oxygen atoms in total. The first-order valence-electron chi connectivity index (χ1n) is 5.75. The zero-order chi connectivity index (χ0) is 14.8. The number of carbonyl (C=O) groups is 1. The van der Waals surface area contributed by atoms with Gasteiger partial charge in [-0.1, -0.05) is 0 Å². The molecule has 0 fully saturated rings. The lowest BCUT2D eigenvalue weighted by Crippen LogP contribution is -2.29. The summed E-state index contributed by atoms with van der Waals surface area (Å²) in [6.07, 6.45) is 1.50. The van der Waals surface area contributed by atoms with Crippen LogP contribution in [-0.2, 0) is 25.6 Å². The lowest BCUT2D eigenvalue weighted by atomic mass is 10.2. The van der Waals surface area contributed by atoms with Gasteiger partial charge >= 0.3 is 0 Å². The molecule has 2 N–H and O–H groups in total. The van der Waals surface area contributed by atoms with Gasteiger partial charge in [0.15, 0.2) is 6.61 Å². The van der Waals surface area contributed by atoms with Crippen molar-refractivity contribution in [3.05, 3.63) is 18.2 Å². The molecular weight excluding hydrogens is 304 g/mol. The Labute approximate surface area is 119 Å². The number of ether oxygens (including phenoxy) is 1. The highest BCUT2D eigenvalue weighted by molar-refractivity contribution is 7.89. The van der Waals surface area contributed by atoms with E-state index in [1.807, 2.05) is 0 Å². The van der Waals surface area contributed by atoms with Crippen molar-refractivity contribution in [2.45, 2.75) is 4.90 Å². The number of benzene rings is 1. The molecule has 2 rings (SSSR count). The lowest BCUT2D eigenvalue weighted by molar-refractivity contribution is -0.118. The van der Waals surface area contributed by atoms with Gasteiger partial charge in [0.05, 0.1) is 10.6 Å². The molecule has 20 heavy (non-hydrogen) atoms. The zero-order valence-electron chi connectivity index (χ0n) is 10.7. The second-order valence-corrected chi connectivity index (χ2v) is 7.49. The van der Waals surface area contributed by atoms with E-state index < -0.39 is 20.8 Å². The Morgan fingerprint density at radius 1 is 1.45 bits per heavy atom. The standard InChI is InChI=1S/C11H14N2O5S2/c1-19(15)5-4-12-20(16,17)8-2-3-10-9(6-8)13-11(14)7-18-10/h2-3,6,12H,4-5,7H2,1H3,(H,13,14)/t19-/m1/s1. The molecule has 0 spiro atoms. The van der Waals surface area contributed by atoms with E-state index in [1.54, 1.807) is 0 Å². The SMILES string of the molecule is C[S@@](=O)CCNS(=O)(=O)c1ccc2c(c1)NC(=O)CO2. The first-order valence-corrected chi connectivity index (χ1v) is 8.96. The summed E-state index contributed by atoms with van der Waals surface area (Å²) in [5.41, 5.74) is 0.322. The molecule has 1 aliphatic rings. The van der Waals surface area contributed by atoms with Gasteiger partial charge in [-0.25, -0.2) is 13.1 Å². The first-order chi connectivity index (χ1) is 9.38. The van der Waals surface area contributed by atoms with Gasteiger partial charge in [-0.05, 0) is 18.2 Å². The highest BCUT2D eigenvalue weighted by Gasteiger charge is 2.20. The lowest BCUT2D eigenvalue weighted by Gasteiger charge is -2.18. The van der Waals surface area contributed by atoms with Crippen LogP contribution < -0.4 is 14.8 Å². The maximum Gasteiger partial charge on any atom is 0.262 e. The minimum absolute atomic E-state index is 0.0175. The molecule has 0 unspecified atom stereocenters. The predicted octanol–water partition coefficient (Wildman–Crippen LogP) is -0.326. The molecule has 1 aliphatic heterocycles. The number of amides is 1.